The molecule has 0 aliphatic rings. The van der Waals surface area contributed by atoms with Gasteiger partial charge >= 0.3 is 5.97 Å². The predicted molar refractivity (Wildman–Crippen MR) is 139 cm³/mol. The minimum atomic E-state index is -3.80. The minimum absolute atomic E-state index is 0.0296. The Morgan fingerprint density at radius 3 is 2.41 bits per heavy atom. The molecular formula is C26H20N4O5S2. The number of carboxylic acids is 1. The number of ether oxygens (including phenoxy) is 1. The van der Waals surface area contributed by atoms with Crippen LogP contribution in [-0.4, -0.2) is 34.3 Å². The molecule has 0 saturated heterocycles. The van der Waals surface area contributed by atoms with E-state index in [4.69, 9.17) is 15.0 Å². The van der Waals surface area contributed by atoms with E-state index in [1.54, 1.807) is 23.0 Å². The average Bonchev–Trinajstić information content (AvgIpc) is 3.53. The Hall–Kier alpha value is -4.32. The van der Waals surface area contributed by atoms with Crippen molar-refractivity contribution < 1.29 is 23.1 Å². The number of carboxylic acid groups (broad SMARTS) is 1. The van der Waals surface area contributed by atoms with Crippen molar-refractivity contribution in [2.75, 3.05) is 0 Å². The lowest BCUT2D eigenvalue weighted by molar-refractivity contribution is 0.0691. The van der Waals surface area contributed by atoms with Gasteiger partial charge < -0.3 is 9.84 Å². The van der Waals surface area contributed by atoms with Crippen molar-refractivity contribution >= 4 is 27.3 Å². The van der Waals surface area contributed by atoms with Crippen LogP contribution in [0.15, 0.2) is 95.3 Å². The third kappa shape index (κ3) is 5.59. The van der Waals surface area contributed by atoms with Crippen LogP contribution in [0.4, 0.5) is 0 Å². The van der Waals surface area contributed by atoms with Crippen LogP contribution in [0.25, 0.3) is 16.4 Å². The Labute approximate surface area is 216 Å². The van der Waals surface area contributed by atoms with Crippen molar-refractivity contribution in [3.8, 4) is 27.9 Å². The van der Waals surface area contributed by atoms with E-state index in [-0.39, 0.29) is 10.6 Å². The zero-order valence-corrected chi connectivity index (χ0v) is 20.8. The highest BCUT2D eigenvalue weighted by molar-refractivity contribution is 7.89. The monoisotopic (exact) mass is 532 g/mol. The van der Waals surface area contributed by atoms with Gasteiger partial charge in [0, 0.05) is 29.1 Å². The molecule has 3 aromatic carbocycles. The van der Waals surface area contributed by atoms with Crippen LogP contribution < -0.4 is 9.88 Å². The van der Waals surface area contributed by atoms with Crippen molar-refractivity contribution in [3.05, 3.63) is 107 Å². The number of aromatic carboxylic acids is 1. The smallest absolute Gasteiger partial charge is 0.355 e. The molecule has 9 nitrogen and oxygen atoms in total. The first-order valence-electron chi connectivity index (χ1n) is 11.0. The van der Waals surface area contributed by atoms with Crippen molar-refractivity contribution in [3.63, 3.8) is 0 Å². The zero-order chi connectivity index (χ0) is 26.0. The molecule has 0 spiro atoms. The Kier molecular flexibility index (Phi) is 6.57. The highest BCUT2D eigenvalue weighted by Gasteiger charge is 2.17. The van der Waals surface area contributed by atoms with Crippen LogP contribution in [0.3, 0.4) is 0 Å². The summed E-state index contributed by atoms with van der Waals surface area (Å²) < 4.78 is 30.8. The van der Waals surface area contributed by atoms with Crippen LogP contribution in [-0.2, 0) is 16.4 Å². The standard InChI is InChI=1S/C26H20N4O5S2/c27-37(33,34)22-11-9-17(10-12-22)13-19-15-30(26-28-23(16-36-26)25(31)32)29-24(19)18-5-4-8-21(14-18)35-20-6-2-1-3-7-20/h1-12,14-16H,13H2,(H,31,32)(H2,27,33,34). The molecule has 0 fully saturated rings. The highest BCUT2D eigenvalue weighted by Crippen LogP contribution is 2.31. The van der Waals surface area contributed by atoms with E-state index < -0.39 is 16.0 Å². The number of para-hydroxylation sites is 1. The second-order valence-corrected chi connectivity index (χ2v) is 10.5. The van der Waals surface area contributed by atoms with Gasteiger partial charge in [-0.1, -0.05) is 42.5 Å². The molecule has 2 heterocycles. The van der Waals surface area contributed by atoms with E-state index in [0.29, 0.717) is 28.7 Å². The number of hydrogen-bond acceptors (Lipinski definition) is 7. The summed E-state index contributed by atoms with van der Waals surface area (Å²) in [6.45, 7) is 0. The maximum atomic E-state index is 11.6. The van der Waals surface area contributed by atoms with E-state index >= 15 is 0 Å². The van der Waals surface area contributed by atoms with Crippen molar-refractivity contribution in [1.82, 2.24) is 14.8 Å². The highest BCUT2D eigenvalue weighted by atomic mass is 32.2. The van der Waals surface area contributed by atoms with Crippen LogP contribution in [0, 0.1) is 0 Å². The van der Waals surface area contributed by atoms with Crippen LogP contribution in [0.2, 0.25) is 0 Å². The van der Waals surface area contributed by atoms with Gasteiger partial charge in [0.15, 0.2) is 5.69 Å². The Balaban J connectivity index is 1.53. The minimum Gasteiger partial charge on any atom is -0.476 e. The molecule has 186 valence electrons. The molecule has 0 bridgehead atoms. The molecule has 37 heavy (non-hydrogen) atoms. The average molecular weight is 533 g/mol. The van der Waals surface area contributed by atoms with Gasteiger partial charge in [0.05, 0.1) is 10.6 Å². The SMILES string of the molecule is NS(=O)(=O)c1ccc(Cc2cn(-c3nc(C(=O)O)cs3)nc2-c2cccc(Oc3ccccc3)c2)cc1. The lowest BCUT2D eigenvalue weighted by Crippen LogP contribution is -2.11. The quantitative estimate of drug-likeness (QED) is 0.295. The maximum absolute atomic E-state index is 11.6. The molecule has 0 radical (unpaired) electrons. The number of nitrogens with two attached hydrogens (primary N) is 1. The van der Waals surface area contributed by atoms with Crippen molar-refractivity contribution in [1.29, 1.82) is 0 Å². The van der Waals surface area contributed by atoms with E-state index in [1.807, 2.05) is 54.6 Å². The number of primary sulfonamides is 1. The molecule has 3 N–H and O–H groups in total. The van der Waals surface area contributed by atoms with Gasteiger partial charge in [-0.15, -0.1) is 11.3 Å². The molecule has 0 aliphatic carbocycles. The van der Waals surface area contributed by atoms with E-state index in [2.05, 4.69) is 4.98 Å². The first-order valence-corrected chi connectivity index (χ1v) is 13.4. The molecule has 5 rings (SSSR count). The third-order valence-corrected chi connectivity index (χ3v) is 7.19. The summed E-state index contributed by atoms with van der Waals surface area (Å²) >= 11 is 1.17. The lowest BCUT2D eigenvalue weighted by atomic mass is 10.0. The molecule has 0 saturated carbocycles. The van der Waals surface area contributed by atoms with Gasteiger partial charge in [0.1, 0.15) is 11.5 Å². The number of sulfonamides is 1. The fraction of sp³-hybridized carbons (Fsp3) is 0.0385. The van der Waals surface area contributed by atoms with Gasteiger partial charge in [0.2, 0.25) is 15.2 Å². The Morgan fingerprint density at radius 2 is 1.73 bits per heavy atom. The topological polar surface area (TPSA) is 137 Å². The number of carbonyl (C=O) groups is 1. The zero-order valence-electron chi connectivity index (χ0n) is 19.2. The molecule has 0 amide bonds. The summed E-state index contributed by atoms with van der Waals surface area (Å²) in [7, 11) is -3.80. The van der Waals surface area contributed by atoms with Gasteiger partial charge in [-0.3, -0.25) is 0 Å². The number of thiazole rings is 1. The van der Waals surface area contributed by atoms with E-state index in [9.17, 15) is 18.3 Å². The normalized spacial score (nSPS) is 11.4. The number of rotatable bonds is 8. The van der Waals surface area contributed by atoms with Crippen LogP contribution in [0.1, 0.15) is 21.6 Å². The van der Waals surface area contributed by atoms with E-state index in [1.165, 1.54) is 28.8 Å². The van der Waals surface area contributed by atoms with Gasteiger partial charge in [-0.05, 0) is 42.0 Å². The first kappa shape index (κ1) is 24.4. The molecule has 0 atom stereocenters. The summed E-state index contributed by atoms with van der Waals surface area (Å²) in [5.41, 5.74) is 3.05. The number of aromatic nitrogens is 3. The first-order chi connectivity index (χ1) is 17.8. The lowest BCUT2D eigenvalue weighted by Gasteiger charge is -2.08. The van der Waals surface area contributed by atoms with E-state index in [0.717, 1.165) is 16.7 Å². The largest absolute Gasteiger partial charge is 0.476 e. The maximum Gasteiger partial charge on any atom is 0.355 e. The van der Waals surface area contributed by atoms with Crippen LogP contribution >= 0.6 is 11.3 Å². The summed E-state index contributed by atoms with van der Waals surface area (Å²) in [4.78, 5) is 15.5. The Bertz CT molecular complexity index is 1680. The van der Waals surface area contributed by atoms with Gasteiger partial charge in [0.25, 0.3) is 0 Å². The molecule has 0 aliphatic heterocycles. The van der Waals surface area contributed by atoms with Crippen molar-refractivity contribution in [2.24, 2.45) is 5.14 Å². The fourth-order valence-corrected chi connectivity index (χ4v) is 4.93. The van der Waals surface area contributed by atoms with Crippen molar-refractivity contribution in [2.45, 2.75) is 11.3 Å². The van der Waals surface area contributed by atoms with Crippen LogP contribution in [0.5, 0.6) is 11.5 Å². The summed E-state index contributed by atoms with van der Waals surface area (Å²) in [5.74, 6) is 0.212. The molecule has 0 unspecified atom stereocenters. The second-order valence-electron chi connectivity index (χ2n) is 8.08. The molecule has 2 aromatic heterocycles. The molecular weight excluding hydrogens is 512 g/mol. The number of benzene rings is 3. The second kappa shape index (κ2) is 9.97. The number of hydrogen-bond donors (Lipinski definition) is 2. The predicted octanol–water partition coefficient (Wildman–Crippen LogP) is 4.72. The third-order valence-electron chi connectivity index (χ3n) is 5.43. The number of nitrogens with zero attached hydrogens (tertiary/aromatic N) is 3. The summed E-state index contributed by atoms with van der Waals surface area (Å²) in [6.07, 6.45) is 2.22. The van der Waals surface area contributed by atoms with Gasteiger partial charge in [-0.25, -0.2) is 28.0 Å². The molecule has 11 heteroatoms. The fourth-order valence-electron chi connectivity index (χ4n) is 3.70. The molecule has 5 aromatic rings. The Morgan fingerprint density at radius 1 is 1.00 bits per heavy atom. The summed E-state index contributed by atoms with van der Waals surface area (Å²) in [5, 5.41) is 21.1. The van der Waals surface area contributed by atoms with Gasteiger partial charge in [-0.2, -0.15) is 5.10 Å². The summed E-state index contributed by atoms with van der Waals surface area (Å²) in [6, 6.07) is 23.2.